The van der Waals surface area contributed by atoms with Gasteiger partial charge in [0, 0.05) is 13.5 Å². The summed E-state index contributed by atoms with van der Waals surface area (Å²) in [4.78, 5) is 24.0. The van der Waals surface area contributed by atoms with Gasteiger partial charge in [0.1, 0.15) is 0 Å². The number of aryl methyl sites for hydroxylation is 4. The molecule has 1 amide bonds. The maximum atomic E-state index is 12.2. The zero-order valence-electron chi connectivity index (χ0n) is 13.8. The minimum atomic E-state index is -0.526. The fraction of sp³-hybridized carbons (Fsp3) is 0.353. The number of hydrogen-bond donors (Lipinski definition) is 1. The maximum Gasteiger partial charge on any atom is 0.358 e. The van der Waals surface area contributed by atoms with Gasteiger partial charge in [-0.3, -0.25) is 9.48 Å². The van der Waals surface area contributed by atoms with Crippen molar-refractivity contribution in [2.75, 3.05) is 12.4 Å². The molecule has 23 heavy (non-hydrogen) atoms. The highest BCUT2D eigenvalue weighted by molar-refractivity contribution is 6.00. The molecular weight excluding hydrogens is 294 g/mol. The van der Waals surface area contributed by atoms with Crippen molar-refractivity contribution in [2.45, 2.75) is 26.7 Å². The van der Waals surface area contributed by atoms with Crippen LogP contribution in [0.3, 0.4) is 0 Å². The lowest BCUT2D eigenvalue weighted by molar-refractivity contribution is -0.116. The van der Waals surface area contributed by atoms with E-state index in [0.29, 0.717) is 24.2 Å². The lowest BCUT2D eigenvalue weighted by atomic mass is 10.1. The molecule has 0 unspecified atom stereocenters. The molecule has 2 rings (SSSR count). The molecule has 0 aliphatic heterocycles. The molecule has 0 fully saturated rings. The van der Waals surface area contributed by atoms with E-state index in [1.807, 2.05) is 31.2 Å². The van der Waals surface area contributed by atoms with E-state index in [2.05, 4.69) is 10.4 Å². The molecule has 0 atom stereocenters. The number of rotatable bonds is 5. The third-order valence-electron chi connectivity index (χ3n) is 3.63. The van der Waals surface area contributed by atoms with Crippen LogP contribution in [0.4, 0.5) is 5.69 Å². The number of anilines is 1. The standard InChI is InChI=1S/C17H21N3O3/c1-11-5-7-13(8-6-11)9-10-14(21)18-15-12(2)19-20(3)16(15)17(22)23-4/h5-8H,9-10H2,1-4H3,(H,18,21). The summed E-state index contributed by atoms with van der Waals surface area (Å²) in [6, 6.07) is 8.07. The van der Waals surface area contributed by atoms with Crippen LogP contribution >= 0.6 is 0 Å². The van der Waals surface area contributed by atoms with Crippen LogP contribution in [-0.2, 0) is 23.0 Å². The van der Waals surface area contributed by atoms with Crippen LogP contribution in [0.15, 0.2) is 24.3 Å². The summed E-state index contributed by atoms with van der Waals surface area (Å²) in [6.07, 6.45) is 0.969. The number of methoxy groups -OCH3 is 1. The zero-order chi connectivity index (χ0) is 17.0. The van der Waals surface area contributed by atoms with Gasteiger partial charge < -0.3 is 10.1 Å². The van der Waals surface area contributed by atoms with Crippen LogP contribution in [0.1, 0.15) is 33.7 Å². The lowest BCUT2D eigenvalue weighted by Crippen LogP contribution is -2.17. The van der Waals surface area contributed by atoms with Gasteiger partial charge in [-0.1, -0.05) is 29.8 Å². The van der Waals surface area contributed by atoms with Crippen LogP contribution in [0, 0.1) is 13.8 Å². The summed E-state index contributed by atoms with van der Waals surface area (Å²) in [6.45, 7) is 3.76. The molecule has 0 saturated carbocycles. The Morgan fingerprint density at radius 3 is 2.48 bits per heavy atom. The van der Waals surface area contributed by atoms with Gasteiger partial charge in [-0.25, -0.2) is 4.79 Å². The molecule has 0 aliphatic rings. The first-order chi connectivity index (χ1) is 10.9. The zero-order valence-corrected chi connectivity index (χ0v) is 13.8. The molecule has 0 saturated heterocycles. The quantitative estimate of drug-likeness (QED) is 0.860. The summed E-state index contributed by atoms with van der Waals surface area (Å²) < 4.78 is 6.16. The highest BCUT2D eigenvalue weighted by Gasteiger charge is 2.22. The Balaban J connectivity index is 2.05. The topological polar surface area (TPSA) is 73.2 Å². The molecule has 1 aromatic heterocycles. The van der Waals surface area contributed by atoms with Gasteiger partial charge in [0.15, 0.2) is 5.69 Å². The van der Waals surface area contributed by atoms with Crippen molar-refractivity contribution in [3.05, 3.63) is 46.8 Å². The number of benzene rings is 1. The number of carbonyl (C=O) groups excluding carboxylic acids is 2. The summed E-state index contributed by atoms with van der Waals surface area (Å²) in [5, 5.41) is 6.94. The third-order valence-corrected chi connectivity index (χ3v) is 3.63. The van der Waals surface area contributed by atoms with Gasteiger partial charge in [-0.05, 0) is 25.8 Å². The Kier molecular flexibility index (Phi) is 5.16. The molecular formula is C17H21N3O3. The number of hydrogen-bond acceptors (Lipinski definition) is 4. The number of amides is 1. The SMILES string of the molecule is COC(=O)c1c(NC(=O)CCc2ccc(C)cc2)c(C)nn1C. The monoisotopic (exact) mass is 315 g/mol. The van der Waals surface area contributed by atoms with E-state index in [1.165, 1.54) is 17.4 Å². The van der Waals surface area contributed by atoms with Crippen molar-refractivity contribution < 1.29 is 14.3 Å². The maximum absolute atomic E-state index is 12.2. The van der Waals surface area contributed by atoms with E-state index in [4.69, 9.17) is 4.74 Å². The fourth-order valence-electron chi connectivity index (χ4n) is 2.35. The van der Waals surface area contributed by atoms with E-state index in [1.54, 1.807) is 14.0 Å². The molecule has 1 aromatic carbocycles. The predicted molar refractivity (Wildman–Crippen MR) is 87.4 cm³/mol. The van der Waals surface area contributed by atoms with Gasteiger partial charge in [-0.15, -0.1) is 0 Å². The van der Waals surface area contributed by atoms with Crippen molar-refractivity contribution in [2.24, 2.45) is 7.05 Å². The number of ether oxygens (including phenoxy) is 1. The molecule has 0 radical (unpaired) electrons. The minimum Gasteiger partial charge on any atom is -0.464 e. The number of carbonyl (C=O) groups is 2. The summed E-state index contributed by atoms with van der Waals surface area (Å²) >= 11 is 0. The number of nitrogens with one attached hydrogen (secondary N) is 1. The van der Waals surface area contributed by atoms with Crippen molar-refractivity contribution in [1.29, 1.82) is 0 Å². The van der Waals surface area contributed by atoms with E-state index in [0.717, 1.165) is 5.56 Å². The smallest absolute Gasteiger partial charge is 0.358 e. The molecule has 122 valence electrons. The molecule has 0 aliphatic carbocycles. The molecule has 6 heteroatoms. The van der Waals surface area contributed by atoms with Crippen molar-refractivity contribution in [3.8, 4) is 0 Å². The number of aromatic nitrogens is 2. The first kappa shape index (κ1) is 16.7. The average molecular weight is 315 g/mol. The first-order valence-electron chi connectivity index (χ1n) is 7.39. The van der Waals surface area contributed by atoms with Crippen LogP contribution < -0.4 is 5.32 Å². The van der Waals surface area contributed by atoms with Crippen molar-refractivity contribution >= 4 is 17.6 Å². The van der Waals surface area contributed by atoms with E-state index in [-0.39, 0.29) is 11.6 Å². The Hall–Kier alpha value is -2.63. The van der Waals surface area contributed by atoms with Crippen LogP contribution in [0.5, 0.6) is 0 Å². The number of esters is 1. The average Bonchev–Trinajstić information content (AvgIpc) is 2.80. The largest absolute Gasteiger partial charge is 0.464 e. The molecule has 2 aromatic rings. The summed E-state index contributed by atoms with van der Waals surface area (Å²) in [5.41, 5.74) is 3.52. The first-order valence-corrected chi connectivity index (χ1v) is 7.39. The highest BCUT2D eigenvalue weighted by Crippen LogP contribution is 2.21. The van der Waals surface area contributed by atoms with Gasteiger partial charge in [0.05, 0.1) is 18.5 Å². The van der Waals surface area contributed by atoms with Crippen LogP contribution in [-0.4, -0.2) is 28.8 Å². The highest BCUT2D eigenvalue weighted by atomic mass is 16.5. The second kappa shape index (κ2) is 7.09. The van der Waals surface area contributed by atoms with Crippen LogP contribution in [0.2, 0.25) is 0 Å². The second-order valence-electron chi connectivity index (χ2n) is 5.46. The van der Waals surface area contributed by atoms with Gasteiger partial charge in [0.25, 0.3) is 0 Å². The Morgan fingerprint density at radius 1 is 1.22 bits per heavy atom. The normalized spacial score (nSPS) is 10.4. The number of nitrogens with zero attached hydrogens (tertiary/aromatic N) is 2. The third kappa shape index (κ3) is 3.97. The van der Waals surface area contributed by atoms with Crippen molar-refractivity contribution in [3.63, 3.8) is 0 Å². The molecule has 6 nitrogen and oxygen atoms in total. The van der Waals surface area contributed by atoms with Crippen molar-refractivity contribution in [1.82, 2.24) is 9.78 Å². The van der Waals surface area contributed by atoms with E-state index in [9.17, 15) is 9.59 Å². The summed E-state index contributed by atoms with van der Waals surface area (Å²) in [7, 11) is 2.94. The minimum absolute atomic E-state index is 0.160. The molecule has 0 bridgehead atoms. The lowest BCUT2D eigenvalue weighted by Gasteiger charge is -2.07. The predicted octanol–water partition coefficient (Wildman–Crippen LogP) is 2.39. The van der Waals surface area contributed by atoms with Gasteiger partial charge >= 0.3 is 5.97 Å². The fourth-order valence-corrected chi connectivity index (χ4v) is 2.35. The molecule has 1 heterocycles. The molecule has 0 spiro atoms. The van der Waals surface area contributed by atoms with E-state index < -0.39 is 5.97 Å². The Labute approximate surface area is 135 Å². The van der Waals surface area contributed by atoms with Crippen LogP contribution in [0.25, 0.3) is 0 Å². The Morgan fingerprint density at radius 2 is 1.87 bits per heavy atom. The summed E-state index contributed by atoms with van der Waals surface area (Å²) in [5.74, 6) is -0.686. The van der Waals surface area contributed by atoms with Gasteiger partial charge in [-0.2, -0.15) is 5.10 Å². The van der Waals surface area contributed by atoms with Gasteiger partial charge in [0.2, 0.25) is 5.91 Å². The second-order valence-corrected chi connectivity index (χ2v) is 5.46. The molecule has 1 N–H and O–H groups in total. The Bertz CT molecular complexity index is 717. The van der Waals surface area contributed by atoms with E-state index >= 15 is 0 Å².